The highest BCUT2D eigenvalue weighted by Gasteiger charge is 2.32. The summed E-state index contributed by atoms with van der Waals surface area (Å²) in [5.74, 6) is 0. The van der Waals surface area contributed by atoms with E-state index in [9.17, 15) is 5.21 Å². The monoisotopic (exact) mass is 312 g/mol. The Morgan fingerprint density at radius 1 is 1.44 bits per heavy atom. The Morgan fingerprint density at radius 3 is 2.44 bits per heavy atom. The number of nitrogens with zero attached hydrogens (tertiary/aromatic N) is 2. The number of halogens is 1. The molecule has 0 radical (unpaired) electrons. The van der Waals surface area contributed by atoms with Crippen LogP contribution in [0.2, 0.25) is 0 Å². The van der Waals surface area contributed by atoms with Crippen molar-refractivity contribution in [3.8, 4) is 0 Å². The fraction of sp³-hybridized carbons (Fsp3) is 0.385. The van der Waals surface area contributed by atoms with Gasteiger partial charge < -0.3 is 10.4 Å². The van der Waals surface area contributed by atoms with Gasteiger partial charge in [0.25, 0.3) is 0 Å². The van der Waals surface area contributed by atoms with Gasteiger partial charge in [-0.15, -0.1) is 0 Å². The molecule has 1 rings (SSSR count). The largest absolute Gasteiger partial charge is 0.623 e. The van der Waals surface area contributed by atoms with Gasteiger partial charge in [0, 0.05) is 23.9 Å². The minimum absolute atomic E-state index is 0.450. The summed E-state index contributed by atoms with van der Waals surface area (Å²) in [5, 5.41) is 24.3. The van der Waals surface area contributed by atoms with Gasteiger partial charge in [0.2, 0.25) is 5.54 Å². The first-order chi connectivity index (χ1) is 8.41. The van der Waals surface area contributed by atoms with E-state index in [1.54, 1.807) is 13.8 Å². The van der Waals surface area contributed by atoms with Gasteiger partial charge in [0.15, 0.2) is 6.21 Å². The molecule has 1 N–H and O–H groups in total. The molecule has 5 heteroatoms. The van der Waals surface area contributed by atoms with Crippen LogP contribution < -0.4 is 0 Å². The average Bonchev–Trinajstić information content (AvgIpc) is 2.33. The highest BCUT2D eigenvalue weighted by molar-refractivity contribution is 9.10. The fourth-order valence-corrected chi connectivity index (χ4v) is 1.86. The van der Waals surface area contributed by atoms with Crippen LogP contribution in [0.25, 0.3) is 0 Å². The van der Waals surface area contributed by atoms with Gasteiger partial charge in [-0.1, -0.05) is 28.0 Å². The molecule has 0 saturated carbocycles. The predicted molar refractivity (Wildman–Crippen MR) is 76.5 cm³/mol. The molecule has 1 aromatic rings. The van der Waals surface area contributed by atoms with Crippen LogP contribution in [0.5, 0.6) is 0 Å². The molecule has 98 valence electrons. The Kier molecular flexibility index (Phi) is 4.90. The van der Waals surface area contributed by atoms with Crippen molar-refractivity contribution in [2.75, 3.05) is 0 Å². The summed E-state index contributed by atoms with van der Waals surface area (Å²) >= 11 is 3.34. The summed E-state index contributed by atoms with van der Waals surface area (Å²) in [6.45, 7) is 5.31. The highest BCUT2D eigenvalue weighted by Crippen LogP contribution is 2.15. The average molecular weight is 313 g/mol. The van der Waals surface area contributed by atoms with E-state index >= 15 is 0 Å². The topological polar surface area (TPSA) is 58.7 Å². The van der Waals surface area contributed by atoms with Crippen LogP contribution >= 0.6 is 15.9 Å². The van der Waals surface area contributed by atoms with E-state index in [4.69, 9.17) is 5.21 Å². The van der Waals surface area contributed by atoms with E-state index < -0.39 is 5.54 Å². The minimum atomic E-state index is -0.865. The van der Waals surface area contributed by atoms with Crippen molar-refractivity contribution >= 4 is 27.9 Å². The first kappa shape index (κ1) is 14.7. The summed E-state index contributed by atoms with van der Waals surface area (Å²) < 4.78 is 1.77. The molecule has 0 spiro atoms. The Balaban J connectivity index is 3.05. The molecule has 1 aromatic carbocycles. The van der Waals surface area contributed by atoms with Crippen molar-refractivity contribution in [3.63, 3.8) is 0 Å². The van der Waals surface area contributed by atoms with Gasteiger partial charge >= 0.3 is 0 Å². The summed E-state index contributed by atoms with van der Waals surface area (Å²) in [6.07, 6.45) is 2.02. The molecule has 0 bridgehead atoms. The lowest BCUT2D eigenvalue weighted by Crippen LogP contribution is -2.41. The van der Waals surface area contributed by atoms with Crippen molar-refractivity contribution in [1.29, 1.82) is 0 Å². The van der Waals surface area contributed by atoms with Crippen LogP contribution in [0, 0.1) is 5.21 Å². The van der Waals surface area contributed by atoms with Crippen molar-refractivity contribution in [2.45, 2.75) is 32.7 Å². The first-order valence-corrected chi connectivity index (χ1v) is 6.49. The predicted octanol–water partition coefficient (Wildman–Crippen LogP) is 3.40. The molecular formula is C13H17BrN2O2. The molecule has 0 aliphatic carbocycles. The van der Waals surface area contributed by atoms with Gasteiger partial charge in [-0.05, 0) is 30.7 Å². The van der Waals surface area contributed by atoms with E-state index in [1.807, 2.05) is 31.2 Å². The van der Waals surface area contributed by atoms with Gasteiger partial charge in [-0.25, -0.2) is 4.74 Å². The molecule has 0 fully saturated rings. The maximum Gasteiger partial charge on any atom is 0.208 e. The van der Waals surface area contributed by atoms with Gasteiger partial charge in [-0.3, -0.25) is 0 Å². The lowest BCUT2D eigenvalue weighted by Gasteiger charge is -2.24. The van der Waals surface area contributed by atoms with Crippen LogP contribution in [0.3, 0.4) is 0 Å². The van der Waals surface area contributed by atoms with E-state index in [0.717, 1.165) is 14.8 Å². The number of hydroxylamine groups is 1. The Hall–Kier alpha value is -1.36. The maximum atomic E-state index is 12.1. The summed E-state index contributed by atoms with van der Waals surface area (Å²) in [7, 11) is 0. The SMILES string of the molecule is CCC(=NO)C(C)(C)/[N+]([O-])=C/c1ccc(Br)cc1. The molecule has 0 heterocycles. The second kappa shape index (κ2) is 6.00. The zero-order chi connectivity index (χ0) is 13.8. The molecule has 0 aliphatic rings. The first-order valence-electron chi connectivity index (χ1n) is 5.70. The van der Waals surface area contributed by atoms with Gasteiger partial charge in [0.05, 0.1) is 0 Å². The maximum absolute atomic E-state index is 12.1. The summed E-state index contributed by atoms with van der Waals surface area (Å²) in [4.78, 5) is 0. The summed E-state index contributed by atoms with van der Waals surface area (Å²) in [5.41, 5.74) is 0.386. The van der Waals surface area contributed by atoms with E-state index in [0.29, 0.717) is 12.1 Å². The fourth-order valence-electron chi connectivity index (χ4n) is 1.60. The van der Waals surface area contributed by atoms with Crippen LogP contribution in [0.4, 0.5) is 0 Å². The van der Waals surface area contributed by atoms with Crippen molar-refractivity contribution in [2.24, 2.45) is 5.16 Å². The molecule has 4 nitrogen and oxygen atoms in total. The number of rotatable bonds is 4. The number of oxime groups is 1. The normalized spacial score (nSPS) is 13.8. The van der Waals surface area contributed by atoms with Crippen molar-refractivity contribution in [1.82, 2.24) is 0 Å². The van der Waals surface area contributed by atoms with Crippen LogP contribution in [0.1, 0.15) is 32.8 Å². The molecular weight excluding hydrogens is 296 g/mol. The van der Waals surface area contributed by atoms with E-state index in [1.165, 1.54) is 6.21 Å². The summed E-state index contributed by atoms with van der Waals surface area (Å²) in [6, 6.07) is 7.42. The molecule has 0 aromatic heterocycles. The molecule has 18 heavy (non-hydrogen) atoms. The van der Waals surface area contributed by atoms with Crippen LogP contribution in [-0.4, -0.2) is 27.4 Å². The molecule has 0 aliphatic heterocycles. The number of hydrogen-bond donors (Lipinski definition) is 1. The van der Waals surface area contributed by atoms with E-state index in [2.05, 4.69) is 21.1 Å². The standard InChI is InChI=1S/C13H17BrN2O2/c1-4-12(15-17)13(2,3)16(18)9-10-5-7-11(14)8-6-10/h5-9,17H,4H2,1-3H3/b15-12?,16-9-. The van der Waals surface area contributed by atoms with Crippen molar-refractivity contribution < 1.29 is 9.95 Å². The Labute approximate surface area is 115 Å². The second-order valence-corrected chi connectivity index (χ2v) is 5.38. The zero-order valence-corrected chi connectivity index (χ0v) is 12.3. The number of benzene rings is 1. The van der Waals surface area contributed by atoms with Crippen LogP contribution in [-0.2, 0) is 0 Å². The third-order valence-electron chi connectivity index (χ3n) is 2.85. The molecule has 0 atom stereocenters. The van der Waals surface area contributed by atoms with Crippen molar-refractivity contribution in [3.05, 3.63) is 39.5 Å². The smallest absolute Gasteiger partial charge is 0.208 e. The van der Waals surface area contributed by atoms with Gasteiger partial charge in [-0.2, -0.15) is 0 Å². The minimum Gasteiger partial charge on any atom is -0.623 e. The van der Waals surface area contributed by atoms with Crippen LogP contribution in [0.15, 0.2) is 33.9 Å². The number of hydrogen-bond acceptors (Lipinski definition) is 3. The molecule has 0 saturated heterocycles. The lowest BCUT2D eigenvalue weighted by atomic mass is 9.96. The highest BCUT2D eigenvalue weighted by atomic mass is 79.9. The molecule has 0 unspecified atom stereocenters. The van der Waals surface area contributed by atoms with Gasteiger partial charge in [0.1, 0.15) is 5.71 Å². The molecule has 0 amide bonds. The Bertz CT molecular complexity index is 464. The third kappa shape index (κ3) is 3.32. The third-order valence-corrected chi connectivity index (χ3v) is 3.38. The second-order valence-electron chi connectivity index (χ2n) is 4.47. The van der Waals surface area contributed by atoms with E-state index in [-0.39, 0.29) is 0 Å². The lowest BCUT2D eigenvalue weighted by molar-refractivity contribution is -0.512. The quantitative estimate of drug-likeness (QED) is 0.304. The zero-order valence-electron chi connectivity index (χ0n) is 10.7. The Morgan fingerprint density at radius 2 is 2.00 bits per heavy atom.